The van der Waals surface area contributed by atoms with Crippen LogP contribution in [0.3, 0.4) is 0 Å². The topological polar surface area (TPSA) is 66.4 Å². The molecule has 0 bridgehead atoms. The van der Waals surface area contributed by atoms with E-state index in [4.69, 9.17) is 5.11 Å². The van der Waals surface area contributed by atoms with Gasteiger partial charge >= 0.3 is 5.97 Å². The maximum Gasteiger partial charge on any atom is 0.306 e. The molecule has 20 heavy (non-hydrogen) atoms. The summed E-state index contributed by atoms with van der Waals surface area (Å²) in [6.45, 7) is 2.71. The molecule has 2 unspecified atom stereocenters. The molecular weight excluding hydrogens is 274 g/mol. The average Bonchev–Trinajstić information content (AvgIpc) is 2.84. The fourth-order valence-corrected chi connectivity index (χ4v) is 3.67. The van der Waals surface area contributed by atoms with E-state index in [1.807, 2.05) is 0 Å². The number of rotatable bonds is 5. The van der Waals surface area contributed by atoms with Gasteiger partial charge in [0.15, 0.2) is 0 Å². The summed E-state index contributed by atoms with van der Waals surface area (Å²) < 4.78 is 0. The summed E-state index contributed by atoms with van der Waals surface area (Å²) in [5.74, 6) is -1.23. The van der Waals surface area contributed by atoms with Crippen LogP contribution in [0.1, 0.15) is 36.1 Å². The minimum absolute atomic E-state index is 0.0187. The number of aliphatic carboxylic acids is 1. The van der Waals surface area contributed by atoms with Crippen LogP contribution in [0.4, 0.5) is 0 Å². The Balaban J connectivity index is 1.77. The number of carboxylic acid groups (broad SMARTS) is 1. The van der Waals surface area contributed by atoms with Gasteiger partial charge in [-0.2, -0.15) is 0 Å². The number of hydrogen-bond acceptors (Lipinski definition) is 3. The molecule has 0 saturated heterocycles. The summed E-state index contributed by atoms with van der Waals surface area (Å²) in [5.41, 5.74) is 1.27. The van der Waals surface area contributed by atoms with Crippen molar-refractivity contribution in [1.82, 2.24) is 5.32 Å². The van der Waals surface area contributed by atoms with Gasteiger partial charge in [0, 0.05) is 17.3 Å². The molecule has 1 aromatic rings. The largest absolute Gasteiger partial charge is 0.481 e. The molecule has 0 aromatic carbocycles. The highest BCUT2D eigenvalue weighted by atomic mass is 32.1. The highest BCUT2D eigenvalue weighted by Gasteiger charge is 2.30. The Morgan fingerprint density at radius 3 is 2.80 bits per heavy atom. The zero-order valence-electron chi connectivity index (χ0n) is 11.7. The summed E-state index contributed by atoms with van der Waals surface area (Å²) in [6, 6.07) is 2.08. The van der Waals surface area contributed by atoms with Crippen LogP contribution < -0.4 is 5.32 Å². The number of nitrogens with one attached hydrogen (secondary N) is 1. The van der Waals surface area contributed by atoms with Crippen LogP contribution in [0.2, 0.25) is 0 Å². The monoisotopic (exact) mass is 295 g/mol. The molecule has 0 aliphatic heterocycles. The summed E-state index contributed by atoms with van der Waals surface area (Å²) in [6.07, 6.45) is 3.68. The van der Waals surface area contributed by atoms with E-state index >= 15 is 0 Å². The molecule has 4 nitrogen and oxygen atoms in total. The summed E-state index contributed by atoms with van der Waals surface area (Å²) in [4.78, 5) is 24.4. The molecule has 110 valence electrons. The molecule has 1 amide bonds. The molecule has 1 aliphatic rings. The van der Waals surface area contributed by atoms with Gasteiger partial charge in [-0.1, -0.05) is 6.42 Å². The van der Waals surface area contributed by atoms with Crippen LogP contribution in [-0.4, -0.2) is 23.5 Å². The van der Waals surface area contributed by atoms with Gasteiger partial charge in [0.1, 0.15) is 0 Å². The number of aryl methyl sites for hydroxylation is 1. The van der Waals surface area contributed by atoms with Gasteiger partial charge in [-0.05, 0) is 49.6 Å². The summed E-state index contributed by atoms with van der Waals surface area (Å²) >= 11 is 1.71. The lowest BCUT2D eigenvalue weighted by Crippen LogP contribution is -2.36. The van der Waals surface area contributed by atoms with Gasteiger partial charge in [0.25, 0.3) is 0 Å². The van der Waals surface area contributed by atoms with Crippen molar-refractivity contribution in [1.29, 1.82) is 0 Å². The molecule has 5 heteroatoms. The fraction of sp³-hybridized carbons (Fsp3) is 0.600. The molecule has 2 N–H and O–H groups in total. The Labute approximate surface area is 123 Å². The normalized spacial score (nSPS) is 22.4. The Kier molecular flexibility index (Phi) is 5.17. The number of carbonyl (C=O) groups excluding carboxylic acids is 1. The van der Waals surface area contributed by atoms with Crippen LogP contribution >= 0.6 is 11.3 Å². The molecule has 1 aliphatic carbocycles. The lowest BCUT2D eigenvalue weighted by Gasteiger charge is -2.25. The first-order valence-electron chi connectivity index (χ1n) is 7.11. The second kappa shape index (κ2) is 6.88. The van der Waals surface area contributed by atoms with Crippen molar-refractivity contribution in [2.45, 2.75) is 39.0 Å². The van der Waals surface area contributed by atoms with Crippen molar-refractivity contribution < 1.29 is 14.7 Å². The molecule has 1 heterocycles. The zero-order chi connectivity index (χ0) is 14.5. The molecular formula is C15H21NO3S. The maximum absolute atomic E-state index is 12.1. The standard InChI is InChI=1S/C15H21NO3S/c1-10-6-8-20-13(10)5-7-16-14(17)11-3-2-4-12(9-11)15(18)19/h6,8,11-12H,2-5,7,9H2,1H3,(H,16,17)(H,18,19). The Morgan fingerprint density at radius 1 is 1.40 bits per heavy atom. The number of carboxylic acids is 1. The van der Waals surface area contributed by atoms with Crippen molar-refractivity contribution >= 4 is 23.2 Å². The van der Waals surface area contributed by atoms with Gasteiger partial charge in [-0.15, -0.1) is 11.3 Å². The van der Waals surface area contributed by atoms with Gasteiger partial charge < -0.3 is 10.4 Å². The van der Waals surface area contributed by atoms with Crippen LogP contribution in [0, 0.1) is 18.8 Å². The lowest BCUT2D eigenvalue weighted by atomic mass is 9.81. The lowest BCUT2D eigenvalue weighted by molar-refractivity contribution is -0.144. The van der Waals surface area contributed by atoms with Gasteiger partial charge in [-0.3, -0.25) is 9.59 Å². The van der Waals surface area contributed by atoms with E-state index in [0.29, 0.717) is 19.4 Å². The van der Waals surface area contributed by atoms with Crippen LogP contribution in [0.25, 0.3) is 0 Å². The summed E-state index contributed by atoms with van der Waals surface area (Å²) in [5, 5.41) is 14.1. The second-order valence-corrected chi connectivity index (χ2v) is 6.47. The van der Waals surface area contributed by atoms with E-state index in [2.05, 4.69) is 23.7 Å². The minimum Gasteiger partial charge on any atom is -0.481 e. The second-order valence-electron chi connectivity index (χ2n) is 5.47. The average molecular weight is 295 g/mol. The van der Waals surface area contributed by atoms with Crippen molar-refractivity contribution in [3.05, 3.63) is 21.9 Å². The third-order valence-corrected chi connectivity index (χ3v) is 5.10. The molecule has 0 spiro atoms. The van der Waals surface area contributed by atoms with Gasteiger partial charge in [0.2, 0.25) is 5.91 Å². The Morgan fingerprint density at radius 2 is 2.15 bits per heavy atom. The molecule has 1 fully saturated rings. The number of amides is 1. The van der Waals surface area contributed by atoms with Gasteiger partial charge in [-0.25, -0.2) is 0 Å². The number of carbonyl (C=O) groups is 2. The van der Waals surface area contributed by atoms with Crippen molar-refractivity contribution in [2.75, 3.05) is 6.54 Å². The predicted octanol–water partition coefficient (Wildman–Crippen LogP) is 2.61. The van der Waals surface area contributed by atoms with E-state index in [-0.39, 0.29) is 17.7 Å². The van der Waals surface area contributed by atoms with Gasteiger partial charge in [0.05, 0.1) is 5.92 Å². The van der Waals surface area contributed by atoms with E-state index in [1.165, 1.54) is 10.4 Å². The quantitative estimate of drug-likeness (QED) is 0.877. The molecule has 2 atom stereocenters. The molecule has 1 saturated carbocycles. The third kappa shape index (κ3) is 3.82. The highest BCUT2D eigenvalue weighted by molar-refractivity contribution is 7.10. The van der Waals surface area contributed by atoms with E-state index in [1.54, 1.807) is 11.3 Å². The van der Waals surface area contributed by atoms with Crippen LogP contribution in [-0.2, 0) is 16.0 Å². The van der Waals surface area contributed by atoms with Crippen molar-refractivity contribution in [3.8, 4) is 0 Å². The SMILES string of the molecule is Cc1ccsc1CCNC(=O)C1CCCC(C(=O)O)C1. The van der Waals surface area contributed by atoms with E-state index < -0.39 is 5.97 Å². The molecule has 1 aromatic heterocycles. The minimum atomic E-state index is -0.767. The maximum atomic E-state index is 12.1. The summed E-state index contributed by atoms with van der Waals surface area (Å²) in [7, 11) is 0. The van der Waals surface area contributed by atoms with Crippen LogP contribution in [0.5, 0.6) is 0 Å². The van der Waals surface area contributed by atoms with E-state index in [0.717, 1.165) is 19.3 Å². The third-order valence-electron chi connectivity index (χ3n) is 4.01. The smallest absolute Gasteiger partial charge is 0.306 e. The Hall–Kier alpha value is -1.36. The van der Waals surface area contributed by atoms with E-state index in [9.17, 15) is 9.59 Å². The number of thiophene rings is 1. The fourth-order valence-electron chi connectivity index (χ4n) is 2.76. The van der Waals surface area contributed by atoms with Crippen molar-refractivity contribution in [2.24, 2.45) is 11.8 Å². The Bertz CT molecular complexity index is 483. The first-order valence-corrected chi connectivity index (χ1v) is 7.99. The van der Waals surface area contributed by atoms with Crippen molar-refractivity contribution in [3.63, 3.8) is 0 Å². The van der Waals surface area contributed by atoms with Crippen LogP contribution in [0.15, 0.2) is 11.4 Å². The predicted molar refractivity (Wildman–Crippen MR) is 78.9 cm³/mol. The molecule has 2 rings (SSSR count). The zero-order valence-corrected chi connectivity index (χ0v) is 12.5. The first kappa shape index (κ1) is 15.0. The number of hydrogen-bond donors (Lipinski definition) is 2. The first-order chi connectivity index (χ1) is 9.58. The highest BCUT2D eigenvalue weighted by Crippen LogP contribution is 2.29. The molecule has 0 radical (unpaired) electrons.